The highest BCUT2D eigenvalue weighted by Crippen LogP contribution is 2.46. The van der Waals surface area contributed by atoms with E-state index in [1.54, 1.807) is 18.2 Å². The summed E-state index contributed by atoms with van der Waals surface area (Å²) in [7, 11) is 2.84. The first-order chi connectivity index (χ1) is 20.6. The number of rotatable bonds is 8. The quantitative estimate of drug-likeness (QED) is 0.428. The van der Waals surface area contributed by atoms with E-state index in [2.05, 4.69) is 4.74 Å². The van der Waals surface area contributed by atoms with Crippen molar-refractivity contribution in [3.05, 3.63) is 47.5 Å². The largest absolute Gasteiger partial charge is 0.573 e. The molecule has 2 aromatic rings. The number of halogens is 3. The van der Waals surface area contributed by atoms with Crippen molar-refractivity contribution in [2.24, 2.45) is 11.3 Å². The Kier molecular flexibility index (Phi) is 9.67. The molecule has 1 N–H and O–H groups in total. The fraction of sp³-hybridized carbons (Fsp3) is 0.516. The van der Waals surface area contributed by atoms with Gasteiger partial charge in [-0.15, -0.1) is 13.2 Å². The van der Waals surface area contributed by atoms with Gasteiger partial charge in [0.15, 0.2) is 11.5 Å². The van der Waals surface area contributed by atoms with Gasteiger partial charge in [-0.05, 0) is 42.5 Å². The second-order valence-corrected chi connectivity index (χ2v) is 12.0. The van der Waals surface area contributed by atoms with Crippen LogP contribution >= 0.6 is 0 Å². The van der Waals surface area contributed by atoms with Crippen LogP contribution < -0.4 is 19.1 Å². The Hall–Kier alpha value is -4.00. The van der Waals surface area contributed by atoms with E-state index in [-0.39, 0.29) is 50.2 Å². The maximum Gasteiger partial charge on any atom is 0.573 e. The van der Waals surface area contributed by atoms with E-state index in [0.717, 1.165) is 6.07 Å². The molecule has 240 valence electrons. The van der Waals surface area contributed by atoms with Crippen molar-refractivity contribution in [1.29, 1.82) is 0 Å². The summed E-state index contributed by atoms with van der Waals surface area (Å²) < 4.78 is 61.6. The minimum absolute atomic E-state index is 0.165. The minimum atomic E-state index is -4.97. The molecule has 13 heteroatoms. The number of carbonyl (C=O) groups is 3. The van der Waals surface area contributed by atoms with Gasteiger partial charge in [0.05, 0.1) is 32.2 Å². The number of amides is 2. The third-order valence-corrected chi connectivity index (χ3v) is 7.55. The van der Waals surface area contributed by atoms with E-state index in [1.165, 1.54) is 36.2 Å². The maximum absolute atomic E-state index is 14.2. The van der Waals surface area contributed by atoms with Crippen molar-refractivity contribution in [1.82, 2.24) is 4.90 Å². The average Bonchev–Trinajstić information content (AvgIpc) is 3.05. The number of fused-ring (bicyclic) bond motifs is 1. The number of alkyl halides is 3. The number of aliphatic carboxylic acids is 1. The molecule has 2 aromatic carbocycles. The highest BCUT2D eigenvalue weighted by Gasteiger charge is 2.42. The molecule has 2 heterocycles. The van der Waals surface area contributed by atoms with E-state index in [4.69, 9.17) is 14.2 Å². The van der Waals surface area contributed by atoms with Gasteiger partial charge in [0.1, 0.15) is 18.0 Å². The molecule has 2 aliphatic rings. The van der Waals surface area contributed by atoms with E-state index in [0.29, 0.717) is 17.0 Å². The van der Waals surface area contributed by atoms with Crippen LogP contribution in [0.2, 0.25) is 0 Å². The molecule has 0 spiro atoms. The van der Waals surface area contributed by atoms with E-state index >= 15 is 0 Å². The van der Waals surface area contributed by atoms with Crippen molar-refractivity contribution >= 4 is 23.5 Å². The Morgan fingerprint density at radius 2 is 1.70 bits per heavy atom. The van der Waals surface area contributed by atoms with Gasteiger partial charge in [-0.25, -0.2) is 0 Å². The van der Waals surface area contributed by atoms with E-state index < -0.39 is 53.4 Å². The number of piperidine rings is 1. The Balaban J connectivity index is 1.82. The standard InChI is InChI=1S/C31H37F3N2O8/c1-30(2,3)17-36-22-10-9-19(44-31(32,33)34)15-21(22)26(20-7-6-8-23(41-4)27(20)42-5)43-24(28(36)38)16-25(37)35-13-11-18(12-14-35)29(39)40/h6-10,15,18,24,26H,11-14,16-17H2,1-5H3,(H,39,40)/t24-,26-/m0/s1. The first kappa shape index (κ1) is 32.9. The van der Waals surface area contributed by atoms with Crippen LogP contribution in [0.25, 0.3) is 0 Å². The zero-order valence-electron chi connectivity index (χ0n) is 25.3. The lowest BCUT2D eigenvalue weighted by Crippen LogP contribution is -2.47. The number of ether oxygens (including phenoxy) is 4. The van der Waals surface area contributed by atoms with Crippen molar-refractivity contribution < 1.29 is 51.6 Å². The molecule has 0 saturated carbocycles. The average molecular weight is 623 g/mol. The second-order valence-electron chi connectivity index (χ2n) is 12.0. The fourth-order valence-electron chi connectivity index (χ4n) is 5.57. The molecule has 0 aliphatic carbocycles. The summed E-state index contributed by atoms with van der Waals surface area (Å²) in [4.78, 5) is 42.0. The number of hydrogen-bond acceptors (Lipinski definition) is 7. The molecule has 4 rings (SSSR count). The Bertz CT molecular complexity index is 1380. The summed E-state index contributed by atoms with van der Waals surface area (Å²) in [5.41, 5.74) is 0.413. The van der Waals surface area contributed by atoms with Crippen LogP contribution in [-0.2, 0) is 19.1 Å². The number of anilines is 1. The summed E-state index contributed by atoms with van der Waals surface area (Å²) in [6, 6.07) is 8.63. The molecular weight excluding hydrogens is 585 g/mol. The third kappa shape index (κ3) is 7.55. The van der Waals surface area contributed by atoms with E-state index in [1.807, 2.05) is 20.8 Å². The molecule has 2 atom stereocenters. The summed E-state index contributed by atoms with van der Waals surface area (Å²) >= 11 is 0. The van der Waals surface area contributed by atoms with Gasteiger partial charge in [-0.2, -0.15) is 0 Å². The number of nitrogens with zero attached hydrogens (tertiary/aromatic N) is 2. The Morgan fingerprint density at radius 1 is 1.02 bits per heavy atom. The number of carbonyl (C=O) groups excluding carboxylic acids is 2. The highest BCUT2D eigenvalue weighted by molar-refractivity contribution is 6.00. The summed E-state index contributed by atoms with van der Waals surface area (Å²) in [5.74, 6) is -2.34. The Morgan fingerprint density at radius 3 is 2.27 bits per heavy atom. The molecule has 0 unspecified atom stereocenters. The van der Waals surface area contributed by atoms with Crippen molar-refractivity contribution in [2.75, 3.05) is 38.8 Å². The number of hydrogen-bond donors (Lipinski definition) is 1. The predicted octanol–water partition coefficient (Wildman–Crippen LogP) is 5.18. The third-order valence-electron chi connectivity index (χ3n) is 7.55. The molecule has 0 aromatic heterocycles. The second kappa shape index (κ2) is 12.9. The van der Waals surface area contributed by atoms with Gasteiger partial charge in [0.25, 0.3) is 5.91 Å². The lowest BCUT2D eigenvalue weighted by atomic mass is 9.93. The van der Waals surface area contributed by atoms with Crippen LogP contribution in [0.3, 0.4) is 0 Å². The van der Waals surface area contributed by atoms with Gasteiger partial charge in [-0.3, -0.25) is 14.4 Å². The monoisotopic (exact) mass is 622 g/mol. The summed E-state index contributed by atoms with van der Waals surface area (Å²) in [6.07, 6.45) is -7.26. The van der Waals surface area contributed by atoms with Crippen LogP contribution in [0.5, 0.6) is 17.2 Å². The van der Waals surface area contributed by atoms with E-state index in [9.17, 15) is 32.7 Å². The van der Waals surface area contributed by atoms with Gasteiger partial charge >= 0.3 is 12.3 Å². The molecule has 44 heavy (non-hydrogen) atoms. The lowest BCUT2D eigenvalue weighted by Gasteiger charge is -2.33. The minimum Gasteiger partial charge on any atom is -0.493 e. The molecular formula is C31H37F3N2O8. The Labute approximate surface area is 253 Å². The molecule has 1 saturated heterocycles. The number of benzene rings is 2. The number of methoxy groups -OCH3 is 2. The van der Waals surface area contributed by atoms with Gasteiger partial charge in [0.2, 0.25) is 5.91 Å². The smallest absolute Gasteiger partial charge is 0.493 e. The SMILES string of the molecule is COc1cccc([C@@H]2O[C@@H](CC(=O)N3CCC(C(=O)O)CC3)C(=O)N(CC(C)(C)C)c3ccc(OC(F)(F)F)cc32)c1OC. The van der Waals surface area contributed by atoms with Crippen molar-refractivity contribution in [3.63, 3.8) is 0 Å². The molecule has 10 nitrogen and oxygen atoms in total. The highest BCUT2D eigenvalue weighted by atomic mass is 19.4. The first-order valence-electron chi connectivity index (χ1n) is 14.2. The van der Waals surface area contributed by atoms with Gasteiger partial charge < -0.3 is 33.9 Å². The lowest BCUT2D eigenvalue weighted by molar-refractivity contribution is -0.274. The topological polar surface area (TPSA) is 115 Å². The number of carboxylic acids is 1. The van der Waals surface area contributed by atoms with Crippen LogP contribution in [0.1, 0.15) is 57.3 Å². The van der Waals surface area contributed by atoms with Crippen LogP contribution in [0.15, 0.2) is 36.4 Å². The van der Waals surface area contributed by atoms with Crippen LogP contribution in [0.4, 0.5) is 18.9 Å². The number of para-hydroxylation sites is 1. The predicted molar refractivity (Wildman–Crippen MR) is 153 cm³/mol. The summed E-state index contributed by atoms with van der Waals surface area (Å²) in [6.45, 7) is 6.31. The fourth-order valence-corrected chi connectivity index (χ4v) is 5.57. The molecule has 0 radical (unpaired) electrons. The normalized spacial score (nSPS) is 19.7. The van der Waals surface area contributed by atoms with Crippen molar-refractivity contribution in [3.8, 4) is 17.2 Å². The maximum atomic E-state index is 14.2. The zero-order valence-corrected chi connectivity index (χ0v) is 25.3. The number of carboxylic acid groups (broad SMARTS) is 1. The molecule has 1 fully saturated rings. The number of likely N-dealkylation sites (tertiary alicyclic amines) is 1. The van der Waals surface area contributed by atoms with Crippen LogP contribution in [-0.4, -0.2) is 74.1 Å². The zero-order chi connectivity index (χ0) is 32.4. The first-order valence-corrected chi connectivity index (χ1v) is 14.2. The molecule has 2 amide bonds. The van der Waals surface area contributed by atoms with Gasteiger partial charge in [0, 0.05) is 30.8 Å². The molecule has 0 bridgehead atoms. The van der Waals surface area contributed by atoms with Crippen molar-refractivity contribution in [2.45, 2.75) is 58.6 Å². The van der Waals surface area contributed by atoms with Crippen LogP contribution in [0, 0.1) is 11.3 Å². The van der Waals surface area contributed by atoms with Gasteiger partial charge in [-0.1, -0.05) is 32.9 Å². The molecule has 2 aliphatic heterocycles. The summed E-state index contributed by atoms with van der Waals surface area (Å²) in [5, 5.41) is 9.33.